The molecule has 26 heavy (non-hydrogen) atoms. The number of nitrogens with zero attached hydrogens (tertiary/aromatic N) is 1. The van der Waals surface area contributed by atoms with Gasteiger partial charge in [0.15, 0.2) is 0 Å². The van der Waals surface area contributed by atoms with Crippen LogP contribution in [-0.2, 0) is 6.54 Å². The number of amides is 1. The first-order chi connectivity index (χ1) is 12.6. The van der Waals surface area contributed by atoms with E-state index in [9.17, 15) is 13.6 Å². The number of hydrogen-bond acceptors (Lipinski definition) is 3. The zero-order valence-corrected chi connectivity index (χ0v) is 13.8. The van der Waals surface area contributed by atoms with Gasteiger partial charge in [0.2, 0.25) is 0 Å². The summed E-state index contributed by atoms with van der Waals surface area (Å²) in [5, 5.41) is 2.76. The predicted molar refractivity (Wildman–Crippen MR) is 92.7 cm³/mol. The maximum atomic E-state index is 14.4. The fraction of sp³-hybridized carbons (Fsp3) is 0.100. The lowest BCUT2D eigenvalue weighted by atomic mass is 9.91. The third-order valence-electron chi connectivity index (χ3n) is 4.41. The fourth-order valence-electron chi connectivity index (χ4n) is 3.12. The minimum atomic E-state index is -0.694. The molecule has 0 atom stereocenters. The number of methoxy groups -OCH3 is 1. The molecule has 0 fully saturated rings. The normalized spacial score (nSPS) is 12.7. The second-order valence-electron chi connectivity index (χ2n) is 5.98. The second kappa shape index (κ2) is 6.22. The molecule has 2 aromatic carbocycles. The maximum Gasteiger partial charge on any atom is 0.251 e. The summed E-state index contributed by atoms with van der Waals surface area (Å²) in [4.78, 5) is 16.2. The number of carbonyl (C=O) groups excluding carboxylic acids is 1. The predicted octanol–water partition coefficient (Wildman–Crippen LogP) is 3.95. The van der Waals surface area contributed by atoms with Gasteiger partial charge in [-0.25, -0.2) is 8.78 Å². The number of aromatic nitrogens is 1. The highest BCUT2D eigenvalue weighted by Gasteiger charge is 2.23. The first-order valence-electron chi connectivity index (χ1n) is 7.97. The van der Waals surface area contributed by atoms with Crippen molar-refractivity contribution in [3.05, 3.63) is 71.6 Å². The molecule has 4 nitrogen and oxygen atoms in total. The summed E-state index contributed by atoms with van der Waals surface area (Å²) in [7, 11) is 1.53. The molecule has 3 aromatic rings. The molecule has 4 rings (SSSR count). The lowest BCUT2D eigenvalue weighted by Crippen LogP contribution is -2.12. The molecular weight excluding hydrogens is 338 g/mol. The quantitative estimate of drug-likeness (QED) is 0.777. The van der Waals surface area contributed by atoms with Crippen LogP contribution in [0.1, 0.15) is 15.9 Å². The molecule has 130 valence electrons. The van der Waals surface area contributed by atoms with Crippen LogP contribution in [-0.4, -0.2) is 18.0 Å². The first kappa shape index (κ1) is 16.2. The Kier molecular flexibility index (Phi) is 3.88. The Labute approximate surface area is 148 Å². The molecule has 0 bridgehead atoms. The summed E-state index contributed by atoms with van der Waals surface area (Å²) in [6.45, 7) is 0.407. The van der Waals surface area contributed by atoms with Crippen LogP contribution in [0.25, 0.3) is 22.3 Å². The smallest absolute Gasteiger partial charge is 0.251 e. The van der Waals surface area contributed by atoms with Crippen LogP contribution in [0.5, 0.6) is 5.75 Å². The zero-order valence-electron chi connectivity index (χ0n) is 13.8. The largest absolute Gasteiger partial charge is 0.495 e. The Hall–Kier alpha value is -3.28. The highest BCUT2D eigenvalue weighted by atomic mass is 19.1. The molecule has 2 heterocycles. The van der Waals surface area contributed by atoms with Crippen molar-refractivity contribution in [1.29, 1.82) is 0 Å². The number of halogens is 2. The zero-order chi connectivity index (χ0) is 18.3. The molecule has 1 amide bonds. The molecule has 0 spiro atoms. The molecule has 0 saturated carbocycles. The number of ether oxygens (including phenoxy) is 1. The van der Waals surface area contributed by atoms with Crippen molar-refractivity contribution in [2.24, 2.45) is 0 Å². The monoisotopic (exact) mass is 352 g/mol. The van der Waals surface area contributed by atoms with Gasteiger partial charge in [0.1, 0.15) is 17.4 Å². The third kappa shape index (κ3) is 2.69. The van der Waals surface area contributed by atoms with Gasteiger partial charge < -0.3 is 10.1 Å². The summed E-state index contributed by atoms with van der Waals surface area (Å²) >= 11 is 0. The van der Waals surface area contributed by atoms with Crippen molar-refractivity contribution in [3.8, 4) is 28.0 Å². The number of fused-ring (bicyclic) bond motifs is 1. The van der Waals surface area contributed by atoms with E-state index in [1.807, 2.05) is 6.07 Å². The highest BCUT2D eigenvalue weighted by Crippen LogP contribution is 2.37. The van der Waals surface area contributed by atoms with Gasteiger partial charge in [0.05, 0.1) is 13.3 Å². The van der Waals surface area contributed by atoms with Crippen LogP contribution in [0, 0.1) is 11.6 Å². The fourth-order valence-corrected chi connectivity index (χ4v) is 3.12. The van der Waals surface area contributed by atoms with E-state index in [1.54, 1.807) is 24.5 Å². The average molecular weight is 352 g/mol. The Morgan fingerprint density at radius 3 is 2.62 bits per heavy atom. The van der Waals surface area contributed by atoms with Gasteiger partial charge in [-0.05, 0) is 47.0 Å². The van der Waals surface area contributed by atoms with Gasteiger partial charge in [-0.2, -0.15) is 0 Å². The molecule has 0 radical (unpaired) electrons. The first-order valence-corrected chi connectivity index (χ1v) is 7.97. The van der Waals surface area contributed by atoms with E-state index >= 15 is 0 Å². The number of hydrogen-bond donors (Lipinski definition) is 1. The molecular formula is C20H14F2N2O2. The minimum Gasteiger partial charge on any atom is -0.495 e. The maximum absolute atomic E-state index is 14.4. The van der Waals surface area contributed by atoms with Crippen molar-refractivity contribution >= 4 is 5.91 Å². The van der Waals surface area contributed by atoms with Crippen molar-refractivity contribution in [2.45, 2.75) is 6.54 Å². The Morgan fingerprint density at radius 2 is 1.85 bits per heavy atom. The van der Waals surface area contributed by atoms with E-state index in [2.05, 4.69) is 10.3 Å². The van der Waals surface area contributed by atoms with E-state index in [0.29, 0.717) is 34.5 Å². The van der Waals surface area contributed by atoms with E-state index in [4.69, 9.17) is 4.74 Å². The lowest BCUT2D eigenvalue weighted by molar-refractivity contribution is 0.0966. The number of nitrogens with one attached hydrogen (secondary N) is 1. The van der Waals surface area contributed by atoms with Crippen molar-refractivity contribution < 1.29 is 18.3 Å². The van der Waals surface area contributed by atoms with Crippen LogP contribution in [0.3, 0.4) is 0 Å². The number of carbonyl (C=O) groups is 1. The number of rotatable bonds is 3. The standard InChI is InChI=1S/C20H14F2N2O2/c1-26-14-4-11(8-23-10-14)16-5-12-9-24-20(25)17(12)7-18(16)15-3-2-13(21)6-19(15)22/h2-8,10H,9H2,1H3,(H,24,25). The molecule has 1 aliphatic heterocycles. The topological polar surface area (TPSA) is 51.2 Å². The highest BCUT2D eigenvalue weighted by molar-refractivity contribution is 6.01. The summed E-state index contributed by atoms with van der Waals surface area (Å²) < 4.78 is 33.0. The van der Waals surface area contributed by atoms with Gasteiger partial charge in [-0.3, -0.25) is 9.78 Å². The second-order valence-corrected chi connectivity index (χ2v) is 5.98. The van der Waals surface area contributed by atoms with E-state index in [1.165, 1.54) is 19.2 Å². The lowest BCUT2D eigenvalue weighted by Gasteiger charge is -2.14. The molecule has 0 aliphatic carbocycles. The molecule has 1 aliphatic rings. The van der Waals surface area contributed by atoms with Crippen molar-refractivity contribution in [2.75, 3.05) is 7.11 Å². The summed E-state index contributed by atoms with van der Waals surface area (Å²) in [6, 6.07) is 8.65. The molecule has 1 N–H and O–H groups in total. The minimum absolute atomic E-state index is 0.209. The van der Waals surface area contributed by atoms with Crippen LogP contribution in [0.15, 0.2) is 48.8 Å². The van der Waals surface area contributed by atoms with E-state index in [0.717, 1.165) is 11.6 Å². The average Bonchev–Trinajstić information content (AvgIpc) is 3.01. The van der Waals surface area contributed by atoms with Gasteiger partial charge in [0, 0.05) is 35.5 Å². The van der Waals surface area contributed by atoms with E-state index in [-0.39, 0.29) is 11.5 Å². The Morgan fingerprint density at radius 1 is 1.00 bits per heavy atom. The Balaban J connectivity index is 1.99. The molecule has 1 aromatic heterocycles. The van der Waals surface area contributed by atoms with Crippen LogP contribution in [0.2, 0.25) is 0 Å². The molecule has 0 saturated heterocycles. The van der Waals surface area contributed by atoms with Crippen LogP contribution >= 0.6 is 0 Å². The molecule has 6 heteroatoms. The van der Waals surface area contributed by atoms with Gasteiger partial charge in [-0.1, -0.05) is 0 Å². The number of benzene rings is 2. The Bertz CT molecular complexity index is 1030. The van der Waals surface area contributed by atoms with Gasteiger partial charge in [-0.15, -0.1) is 0 Å². The third-order valence-corrected chi connectivity index (χ3v) is 4.41. The summed E-state index contributed by atoms with van der Waals surface area (Å²) in [5.74, 6) is -1.00. The summed E-state index contributed by atoms with van der Waals surface area (Å²) in [5.41, 5.74) is 3.42. The van der Waals surface area contributed by atoms with Crippen molar-refractivity contribution in [1.82, 2.24) is 10.3 Å². The van der Waals surface area contributed by atoms with Crippen molar-refractivity contribution in [3.63, 3.8) is 0 Å². The van der Waals surface area contributed by atoms with Crippen LogP contribution in [0.4, 0.5) is 8.78 Å². The van der Waals surface area contributed by atoms with Gasteiger partial charge >= 0.3 is 0 Å². The van der Waals surface area contributed by atoms with Crippen LogP contribution < -0.4 is 10.1 Å². The van der Waals surface area contributed by atoms with Gasteiger partial charge in [0.25, 0.3) is 5.91 Å². The number of pyridine rings is 1. The summed E-state index contributed by atoms with van der Waals surface area (Å²) in [6.07, 6.45) is 3.21. The van der Waals surface area contributed by atoms with E-state index < -0.39 is 11.6 Å². The SMILES string of the molecule is COc1cncc(-c2cc3c(cc2-c2ccc(F)cc2F)C(=O)NC3)c1. The molecule has 0 unspecified atom stereocenters.